The number of amides is 1. The normalized spacial score (nSPS) is 16.9. The molecule has 2 unspecified atom stereocenters. The fourth-order valence-electron chi connectivity index (χ4n) is 3.00. The Labute approximate surface area is 169 Å². The Balaban J connectivity index is 1.92. The van der Waals surface area contributed by atoms with Gasteiger partial charge in [0.05, 0.1) is 6.04 Å². The minimum Gasteiger partial charge on any atom is -0.481 e. The number of hydrogen-bond donors (Lipinski definition) is 2. The third-order valence-corrected chi connectivity index (χ3v) is 4.43. The summed E-state index contributed by atoms with van der Waals surface area (Å²) in [4.78, 5) is 16.8. The zero-order valence-corrected chi connectivity index (χ0v) is 17.0. The first-order valence-corrected chi connectivity index (χ1v) is 9.50. The number of carbonyl (C=O) groups is 1. The van der Waals surface area contributed by atoms with Gasteiger partial charge in [0.25, 0.3) is 0 Å². The van der Waals surface area contributed by atoms with Crippen LogP contribution in [0.5, 0.6) is 5.75 Å². The molecule has 0 aliphatic carbocycles. The van der Waals surface area contributed by atoms with Gasteiger partial charge in [-0.05, 0) is 63.4 Å². The standard InChI is InChI=1S/C22H26FN3O3/c1-13-20(24)25-18-12-15(9-10-19(18)28-13)17(26-21(27)29-22(2,3)4)11-14-7-5-6-8-16(14)23/h5-10,12-13,17H,11H2,1-4H3,(H2,24,25)(H,26,27). The molecule has 3 rings (SSSR count). The maximum absolute atomic E-state index is 14.2. The van der Waals surface area contributed by atoms with E-state index in [0.29, 0.717) is 22.8 Å². The lowest BCUT2D eigenvalue weighted by atomic mass is 9.97. The molecule has 0 spiro atoms. The van der Waals surface area contributed by atoms with E-state index in [9.17, 15) is 9.18 Å². The highest BCUT2D eigenvalue weighted by atomic mass is 19.1. The number of alkyl carbamates (subject to hydrolysis) is 1. The van der Waals surface area contributed by atoms with Gasteiger partial charge in [-0.2, -0.15) is 0 Å². The van der Waals surface area contributed by atoms with E-state index in [1.807, 2.05) is 13.0 Å². The monoisotopic (exact) mass is 399 g/mol. The number of nitrogens with one attached hydrogen (secondary N) is 1. The average molecular weight is 399 g/mol. The molecule has 1 heterocycles. The van der Waals surface area contributed by atoms with Crippen molar-refractivity contribution in [1.29, 1.82) is 0 Å². The van der Waals surface area contributed by atoms with Crippen LogP contribution in [-0.2, 0) is 11.2 Å². The molecule has 0 bridgehead atoms. The minimum atomic E-state index is -0.648. The van der Waals surface area contributed by atoms with Crippen molar-refractivity contribution in [3.8, 4) is 5.75 Å². The summed E-state index contributed by atoms with van der Waals surface area (Å²) in [6, 6.07) is 11.3. The Kier molecular flexibility index (Phi) is 5.77. The molecule has 6 nitrogen and oxygen atoms in total. The van der Waals surface area contributed by atoms with Gasteiger partial charge in [-0.25, -0.2) is 14.2 Å². The number of benzene rings is 2. The third kappa shape index (κ3) is 5.25. The molecule has 2 atom stereocenters. The van der Waals surface area contributed by atoms with Crippen molar-refractivity contribution in [3.05, 3.63) is 59.4 Å². The highest BCUT2D eigenvalue weighted by Crippen LogP contribution is 2.35. The summed E-state index contributed by atoms with van der Waals surface area (Å²) in [6.07, 6.45) is -0.631. The molecule has 0 saturated carbocycles. The number of fused-ring (bicyclic) bond motifs is 1. The number of ether oxygens (including phenoxy) is 2. The Morgan fingerprint density at radius 2 is 2.03 bits per heavy atom. The molecule has 2 aromatic carbocycles. The van der Waals surface area contributed by atoms with Gasteiger partial charge in [-0.1, -0.05) is 24.3 Å². The van der Waals surface area contributed by atoms with Crippen molar-refractivity contribution in [1.82, 2.24) is 5.32 Å². The van der Waals surface area contributed by atoms with E-state index >= 15 is 0 Å². The molecule has 0 aromatic heterocycles. The second-order valence-corrected chi connectivity index (χ2v) is 8.02. The number of nitrogens with zero attached hydrogens (tertiary/aromatic N) is 1. The molecule has 1 amide bonds. The lowest BCUT2D eigenvalue weighted by Crippen LogP contribution is -2.36. The molecule has 1 aliphatic rings. The summed E-state index contributed by atoms with van der Waals surface area (Å²) in [7, 11) is 0. The summed E-state index contributed by atoms with van der Waals surface area (Å²) in [5.41, 5.74) is 7.05. The molecule has 1 aliphatic heterocycles. The summed E-state index contributed by atoms with van der Waals surface area (Å²) < 4.78 is 25.4. The first-order chi connectivity index (χ1) is 13.6. The first-order valence-electron chi connectivity index (χ1n) is 9.50. The first kappa shape index (κ1) is 20.6. The van der Waals surface area contributed by atoms with Crippen LogP contribution >= 0.6 is 0 Å². The molecule has 7 heteroatoms. The summed E-state index contributed by atoms with van der Waals surface area (Å²) in [6.45, 7) is 7.18. The minimum absolute atomic E-state index is 0.251. The summed E-state index contributed by atoms with van der Waals surface area (Å²) in [5.74, 6) is 0.652. The zero-order valence-electron chi connectivity index (χ0n) is 17.0. The van der Waals surface area contributed by atoms with E-state index in [4.69, 9.17) is 15.2 Å². The maximum Gasteiger partial charge on any atom is 0.408 e. The van der Waals surface area contributed by atoms with Crippen LogP contribution in [-0.4, -0.2) is 23.6 Å². The van der Waals surface area contributed by atoms with Crippen LogP contribution in [0.3, 0.4) is 0 Å². The second-order valence-electron chi connectivity index (χ2n) is 8.02. The molecular formula is C22H26FN3O3. The summed E-state index contributed by atoms with van der Waals surface area (Å²) in [5, 5.41) is 2.84. The van der Waals surface area contributed by atoms with E-state index < -0.39 is 17.7 Å². The van der Waals surface area contributed by atoms with Gasteiger partial charge in [0.15, 0.2) is 6.10 Å². The number of halogens is 1. The Morgan fingerprint density at radius 1 is 1.31 bits per heavy atom. The van der Waals surface area contributed by atoms with Gasteiger partial charge in [-0.15, -0.1) is 0 Å². The molecular weight excluding hydrogens is 373 g/mol. The Hall–Kier alpha value is -3.09. The van der Waals surface area contributed by atoms with Crippen molar-refractivity contribution < 1.29 is 18.7 Å². The molecule has 154 valence electrons. The summed E-state index contributed by atoms with van der Waals surface area (Å²) >= 11 is 0. The SMILES string of the molecule is CC1Oc2ccc(C(Cc3ccccc3F)NC(=O)OC(C)(C)C)cc2N=C1N. The van der Waals surface area contributed by atoms with E-state index in [-0.39, 0.29) is 18.3 Å². The highest BCUT2D eigenvalue weighted by Gasteiger charge is 2.24. The lowest BCUT2D eigenvalue weighted by molar-refractivity contribution is 0.0503. The highest BCUT2D eigenvalue weighted by molar-refractivity contribution is 5.89. The number of carbonyl (C=O) groups excluding carboxylic acids is 1. The molecule has 3 N–H and O–H groups in total. The topological polar surface area (TPSA) is 85.9 Å². The lowest BCUT2D eigenvalue weighted by Gasteiger charge is -2.26. The van der Waals surface area contributed by atoms with Crippen LogP contribution in [0, 0.1) is 5.82 Å². The van der Waals surface area contributed by atoms with Crippen LogP contribution in [0.15, 0.2) is 47.5 Å². The van der Waals surface area contributed by atoms with E-state index in [2.05, 4.69) is 10.3 Å². The fraction of sp³-hybridized carbons (Fsp3) is 0.364. The quantitative estimate of drug-likeness (QED) is 0.798. The number of nitrogens with two attached hydrogens (primary N) is 1. The van der Waals surface area contributed by atoms with Gasteiger partial charge in [0.1, 0.15) is 28.7 Å². The predicted octanol–water partition coefficient (Wildman–Crippen LogP) is 4.40. The van der Waals surface area contributed by atoms with Crippen molar-refractivity contribution in [2.75, 3.05) is 0 Å². The fourth-order valence-corrected chi connectivity index (χ4v) is 3.00. The van der Waals surface area contributed by atoms with Gasteiger partial charge in [0, 0.05) is 0 Å². The Morgan fingerprint density at radius 3 is 2.72 bits per heavy atom. The van der Waals surface area contributed by atoms with Crippen molar-refractivity contribution in [2.45, 2.75) is 51.9 Å². The van der Waals surface area contributed by atoms with Gasteiger partial charge < -0.3 is 20.5 Å². The number of amidine groups is 1. The van der Waals surface area contributed by atoms with Crippen molar-refractivity contribution in [2.24, 2.45) is 10.7 Å². The van der Waals surface area contributed by atoms with Gasteiger partial charge in [0.2, 0.25) is 0 Å². The number of hydrogen-bond acceptors (Lipinski definition) is 5. The average Bonchev–Trinajstić information content (AvgIpc) is 2.62. The van der Waals surface area contributed by atoms with Crippen molar-refractivity contribution >= 4 is 17.6 Å². The van der Waals surface area contributed by atoms with E-state index in [1.165, 1.54) is 6.07 Å². The van der Waals surface area contributed by atoms with Crippen LogP contribution < -0.4 is 15.8 Å². The Bertz CT molecular complexity index is 937. The zero-order chi connectivity index (χ0) is 21.2. The van der Waals surface area contributed by atoms with Gasteiger partial charge >= 0.3 is 6.09 Å². The van der Waals surface area contributed by atoms with Gasteiger partial charge in [-0.3, -0.25) is 0 Å². The van der Waals surface area contributed by atoms with E-state index in [0.717, 1.165) is 5.56 Å². The number of rotatable bonds is 4. The smallest absolute Gasteiger partial charge is 0.408 e. The predicted molar refractivity (Wildman–Crippen MR) is 110 cm³/mol. The van der Waals surface area contributed by atoms with Crippen LogP contribution in [0.25, 0.3) is 0 Å². The molecule has 0 fully saturated rings. The van der Waals surface area contributed by atoms with Crippen LogP contribution in [0.4, 0.5) is 14.9 Å². The molecule has 0 saturated heterocycles. The molecule has 29 heavy (non-hydrogen) atoms. The molecule has 2 aromatic rings. The van der Waals surface area contributed by atoms with Crippen molar-refractivity contribution in [3.63, 3.8) is 0 Å². The third-order valence-electron chi connectivity index (χ3n) is 4.43. The number of aliphatic imine (C=N–C) groups is 1. The largest absolute Gasteiger partial charge is 0.481 e. The molecule has 0 radical (unpaired) electrons. The van der Waals surface area contributed by atoms with E-state index in [1.54, 1.807) is 51.1 Å². The van der Waals surface area contributed by atoms with Crippen LogP contribution in [0.2, 0.25) is 0 Å². The second kappa shape index (κ2) is 8.11. The van der Waals surface area contributed by atoms with Crippen LogP contribution in [0.1, 0.15) is 44.9 Å². The maximum atomic E-state index is 14.2.